The van der Waals surface area contributed by atoms with Crippen molar-refractivity contribution >= 4 is 21.4 Å². The summed E-state index contributed by atoms with van der Waals surface area (Å²) in [5.41, 5.74) is 7.22. The topological polar surface area (TPSA) is 84.7 Å². The normalized spacial score (nSPS) is 11.6. The number of likely N-dealkylation sites (N-methyl/N-ethyl adjacent to an activating group) is 1. The third-order valence-electron chi connectivity index (χ3n) is 2.93. The molecule has 1 aromatic rings. The van der Waals surface area contributed by atoms with Crippen molar-refractivity contribution in [2.45, 2.75) is 18.7 Å². The molecule has 3 N–H and O–H groups in total. The van der Waals surface area contributed by atoms with Crippen LogP contribution < -0.4 is 15.4 Å². The van der Waals surface area contributed by atoms with E-state index >= 15 is 0 Å². The molecule has 1 rings (SSSR count). The van der Waals surface area contributed by atoms with Crippen molar-refractivity contribution in [1.29, 1.82) is 0 Å². The summed E-state index contributed by atoms with van der Waals surface area (Å²) in [6.45, 7) is 6.01. The highest BCUT2D eigenvalue weighted by Crippen LogP contribution is 2.26. The highest BCUT2D eigenvalue weighted by molar-refractivity contribution is 7.89. The summed E-state index contributed by atoms with van der Waals surface area (Å²) in [6, 6.07) is 4.74. The molecule has 0 aliphatic rings. The first-order valence-corrected chi connectivity index (χ1v) is 8.07. The number of anilines is 2. The summed E-state index contributed by atoms with van der Waals surface area (Å²) in [4.78, 5) is 2.21. The molecule has 0 saturated carbocycles. The van der Waals surface area contributed by atoms with Gasteiger partial charge in [-0.05, 0) is 25.1 Å². The van der Waals surface area contributed by atoms with Gasteiger partial charge in [-0.2, -0.15) is 0 Å². The maximum absolute atomic E-state index is 12.0. The van der Waals surface area contributed by atoms with Crippen LogP contribution in [0.15, 0.2) is 23.1 Å². The number of methoxy groups -OCH3 is 1. The zero-order valence-electron chi connectivity index (χ0n) is 12.2. The van der Waals surface area contributed by atoms with Gasteiger partial charge in [0.15, 0.2) is 0 Å². The summed E-state index contributed by atoms with van der Waals surface area (Å²) in [7, 11) is -1.85. The Labute approximate surface area is 121 Å². The van der Waals surface area contributed by atoms with Crippen LogP contribution in [0.3, 0.4) is 0 Å². The van der Waals surface area contributed by atoms with E-state index in [1.807, 2.05) is 11.8 Å². The lowest BCUT2D eigenvalue weighted by Crippen LogP contribution is -2.28. The number of rotatable bonds is 8. The van der Waals surface area contributed by atoms with Gasteiger partial charge in [0, 0.05) is 26.7 Å². The van der Waals surface area contributed by atoms with Gasteiger partial charge in [0.1, 0.15) is 0 Å². The molecule has 6 nitrogen and oxygen atoms in total. The first-order valence-electron chi connectivity index (χ1n) is 6.59. The number of nitrogens with two attached hydrogens (primary N) is 1. The van der Waals surface area contributed by atoms with Gasteiger partial charge in [-0.25, -0.2) is 13.1 Å². The standard InChI is InChI=1S/C13H23N3O3S/c1-4-15-20(17,18)11-6-7-12(14)13(10-11)16(5-2)8-9-19-3/h6-7,10,15H,4-5,8-9,14H2,1-3H3. The lowest BCUT2D eigenvalue weighted by atomic mass is 10.2. The number of nitrogens with one attached hydrogen (secondary N) is 1. The van der Waals surface area contributed by atoms with Gasteiger partial charge in [0.2, 0.25) is 10.0 Å². The van der Waals surface area contributed by atoms with E-state index in [9.17, 15) is 8.42 Å². The Morgan fingerprint density at radius 3 is 2.60 bits per heavy atom. The molecule has 0 spiro atoms. The van der Waals surface area contributed by atoms with Gasteiger partial charge < -0.3 is 15.4 Å². The lowest BCUT2D eigenvalue weighted by Gasteiger charge is -2.24. The Morgan fingerprint density at radius 1 is 1.35 bits per heavy atom. The Hall–Kier alpha value is -1.31. The van der Waals surface area contributed by atoms with Crippen molar-refractivity contribution in [3.63, 3.8) is 0 Å². The lowest BCUT2D eigenvalue weighted by molar-refractivity contribution is 0.205. The fraction of sp³-hybridized carbons (Fsp3) is 0.538. The Kier molecular flexibility index (Phi) is 6.25. The molecule has 0 atom stereocenters. The number of benzene rings is 1. The molecule has 0 heterocycles. The minimum Gasteiger partial charge on any atom is -0.397 e. The van der Waals surface area contributed by atoms with Crippen LogP contribution in [0.25, 0.3) is 0 Å². The SMILES string of the molecule is CCNS(=O)(=O)c1ccc(N)c(N(CC)CCOC)c1. The third-order valence-corrected chi connectivity index (χ3v) is 4.48. The maximum atomic E-state index is 12.0. The largest absolute Gasteiger partial charge is 0.397 e. The summed E-state index contributed by atoms with van der Waals surface area (Å²) < 4.78 is 31.6. The smallest absolute Gasteiger partial charge is 0.240 e. The highest BCUT2D eigenvalue weighted by Gasteiger charge is 2.16. The van der Waals surface area contributed by atoms with E-state index in [0.29, 0.717) is 31.1 Å². The number of hydrogen-bond acceptors (Lipinski definition) is 5. The van der Waals surface area contributed by atoms with E-state index in [2.05, 4.69) is 4.72 Å². The van der Waals surface area contributed by atoms with Gasteiger partial charge in [-0.3, -0.25) is 0 Å². The van der Waals surface area contributed by atoms with Gasteiger partial charge in [0.05, 0.1) is 22.9 Å². The fourth-order valence-electron chi connectivity index (χ4n) is 1.89. The minimum atomic E-state index is -3.48. The molecule has 7 heteroatoms. The van der Waals surface area contributed by atoms with Crippen LogP contribution in [-0.4, -0.2) is 41.8 Å². The van der Waals surface area contributed by atoms with Crippen LogP contribution in [-0.2, 0) is 14.8 Å². The molecule has 0 aromatic heterocycles. The molecule has 1 aromatic carbocycles. The second-order valence-corrected chi connectivity index (χ2v) is 6.06. The Bertz CT molecular complexity index is 532. The van der Waals surface area contributed by atoms with Crippen LogP contribution >= 0.6 is 0 Å². The van der Waals surface area contributed by atoms with Crippen molar-refractivity contribution in [3.05, 3.63) is 18.2 Å². The molecule has 20 heavy (non-hydrogen) atoms. The van der Waals surface area contributed by atoms with Gasteiger partial charge in [-0.1, -0.05) is 6.92 Å². The van der Waals surface area contributed by atoms with Crippen molar-refractivity contribution in [2.24, 2.45) is 0 Å². The molecular weight excluding hydrogens is 278 g/mol. The third kappa shape index (κ3) is 4.09. The number of nitrogen functional groups attached to an aromatic ring is 1. The number of sulfonamides is 1. The van der Waals surface area contributed by atoms with Gasteiger partial charge >= 0.3 is 0 Å². The molecule has 0 saturated heterocycles. The van der Waals surface area contributed by atoms with E-state index < -0.39 is 10.0 Å². The molecule has 0 aliphatic carbocycles. The van der Waals surface area contributed by atoms with Crippen molar-refractivity contribution < 1.29 is 13.2 Å². The monoisotopic (exact) mass is 301 g/mol. The zero-order valence-corrected chi connectivity index (χ0v) is 13.0. The van der Waals surface area contributed by atoms with Crippen molar-refractivity contribution in [2.75, 3.05) is 44.0 Å². The summed E-state index contributed by atoms with van der Waals surface area (Å²) in [5.74, 6) is 0. The molecule has 114 valence electrons. The first-order chi connectivity index (χ1) is 9.46. The number of nitrogens with zero attached hydrogens (tertiary/aromatic N) is 1. The van der Waals surface area contributed by atoms with Gasteiger partial charge in [0.25, 0.3) is 0 Å². The molecule has 0 unspecified atom stereocenters. The van der Waals surface area contributed by atoms with E-state index in [1.165, 1.54) is 6.07 Å². The predicted octanol–water partition coefficient (Wildman–Crippen LogP) is 1.04. The van der Waals surface area contributed by atoms with E-state index in [4.69, 9.17) is 10.5 Å². The Morgan fingerprint density at radius 2 is 2.05 bits per heavy atom. The number of ether oxygens (including phenoxy) is 1. The minimum absolute atomic E-state index is 0.222. The summed E-state index contributed by atoms with van der Waals surface area (Å²) in [5, 5.41) is 0. The summed E-state index contributed by atoms with van der Waals surface area (Å²) >= 11 is 0. The quantitative estimate of drug-likeness (QED) is 0.701. The maximum Gasteiger partial charge on any atom is 0.240 e. The van der Waals surface area contributed by atoms with E-state index in [1.54, 1.807) is 26.2 Å². The average molecular weight is 301 g/mol. The van der Waals surface area contributed by atoms with Crippen LogP contribution in [0.1, 0.15) is 13.8 Å². The second-order valence-electron chi connectivity index (χ2n) is 4.29. The molecular formula is C13H23N3O3S. The molecule has 0 aliphatic heterocycles. The van der Waals surface area contributed by atoms with E-state index in [-0.39, 0.29) is 4.90 Å². The highest BCUT2D eigenvalue weighted by atomic mass is 32.2. The van der Waals surface area contributed by atoms with Crippen LogP contribution in [0, 0.1) is 0 Å². The molecule has 0 bridgehead atoms. The predicted molar refractivity (Wildman–Crippen MR) is 81.5 cm³/mol. The van der Waals surface area contributed by atoms with Crippen molar-refractivity contribution in [1.82, 2.24) is 4.72 Å². The zero-order chi connectivity index (χ0) is 15.2. The average Bonchev–Trinajstić information content (AvgIpc) is 2.41. The molecule has 0 radical (unpaired) electrons. The van der Waals surface area contributed by atoms with E-state index in [0.717, 1.165) is 6.54 Å². The second kappa shape index (κ2) is 7.47. The van der Waals surface area contributed by atoms with Crippen LogP contribution in [0.4, 0.5) is 11.4 Å². The van der Waals surface area contributed by atoms with Crippen LogP contribution in [0.5, 0.6) is 0 Å². The fourth-order valence-corrected chi connectivity index (χ4v) is 2.95. The number of hydrogen-bond donors (Lipinski definition) is 2. The summed E-state index contributed by atoms with van der Waals surface area (Å²) in [6.07, 6.45) is 0. The van der Waals surface area contributed by atoms with Crippen LogP contribution in [0.2, 0.25) is 0 Å². The molecule has 0 amide bonds. The van der Waals surface area contributed by atoms with Crippen molar-refractivity contribution in [3.8, 4) is 0 Å². The Balaban J connectivity index is 3.13. The first kappa shape index (κ1) is 16.7. The molecule has 0 fully saturated rings. The van der Waals surface area contributed by atoms with Gasteiger partial charge in [-0.15, -0.1) is 0 Å².